The Kier molecular flexibility index (Phi) is 54.6. The SMILES string of the molecule is CC/C=C\C/C=C\C/C=C\C/C=C\C/C=C\C/C=C\C/C=C\C/C=C\CCCCCCC(=O)OCC(COC(=O)CCCCCCCCCCCC)OC(=O)C/C=C\C/C=C\C/C=C\C/C=C\C/C=C\CC. The van der Waals surface area contributed by atoms with Gasteiger partial charge in [0.25, 0.3) is 0 Å². The van der Waals surface area contributed by atoms with Crippen LogP contribution in [-0.2, 0) is 28.6 Å². The summed E-state index contributed by atoms with van der Waals surface area (Å²) >= 11 is 0. The van der Waals surface area contributed by atoms with Crippen molar-refractivity contribution in [3.05, 3.63) is 158 Å². The molecular formula is C66H102O6. The number of esters is 3. The molecule has 0 saturated heterocycles. The summed E-state index contributed by atoms with van der Waals surface area (Å²) in [5.74, 6) is -1.10. The van der Waals surface area contributed by atoms with Gasteiger partial charge in [-0.1, -0.05) is 249 Å². The van der Waals surface area contributed by atoms with Crippen LogP contribution in [0, 0.1) is 0 Å². The van der Waals surface area contributed by atoms with Crippen molar-refractivity contribution in [2.45, 2.75) is 226 Å². The Hall–Kier alpha value is -4.97. The highest BCUT2D eigenvalue weighted by Crippen LogP contribution is 2.13. The molecule has 0 fully saturated rings. The standard InChI is InChI=1S/C66H102O6/c1-4-7-10-13-16-19-22-24-26-27-28-29-30-31-32-33-34-35-36-37-38-39-41-42-44-47-50-53-56-59-65(68)71-62-63(61-70-64(67)58-55-52-49-46-21-18-15-12-9-6-3)72-66(69)60-57-54-51-48-45-43-40-25-23-20-17-14-11-8-5-2/h7-8,10-11,16-17,19-20,24-26,28-29,31-32,34-35,37-38,40-42,45,48,54,57,63H,4-6,9,12-15,18,21-23,27,30,33,36,39,43-44,46-47,49-53,55-56,58-62H2,1-3H3/b10-7-,11-8-,19-16-,20-17-,26-24-,29-28-,32-31-,35-34-,38-37-,40-25-,42-41-,48-45-,57-54-. The van der Waals surface area contributed by atoms with Gasteiger partial charge in [-0.3, -0.25) is 14.4 Å². The first-order chi connectivity index (χ1) is 35.5. The van der Waals surface area contributed by atoms with Gasteiger partial charge in [0.1, 0.15) is 13.2 Å². The number of rotatable bonds is 49. The number of unbranched alkanes of at least 4 members (excludes halogenated alkanes) is 13. The third-order valence-corrected chi connectivity index (χ3v) is 11.3. The van der Waals surface area contributed by atoms with Crippen molar-refractivity contribution < 1.29 is 28.6 Å². The van der Waals surface area contributed by atoms with Crippen molar-refractivity contribution in [3.63, 3.8) is 0 Å². The summed E-state index contributed by atoms with van der Waals surface area (Å²) < 4.78 is 16.7. The zero-order chi connectivity index (χ0) is 52.2. The number of hydrogen-bond acceptors (Lipinski definition) is 6. The van der Waals surface area contributed by atoms with E-state index in [2.05, 4.69) is 167 Å². The highest BCUT2D eigenvalue weighted by molar-refractivity contribution is 5.72. The van der Waals surface area contributed by atoms with Gasteiger partial charge in [-0.05, 0) is 109 Å². The van der Waals surface area contributed by atoms with Crippen molar-refractivity contribution in [2.24, 2.45) is 0 Å². The Morgan fingerprint density at radius 3 is 0.917 bits per heavy atom. The number of hydrogen-bond donors (Lipinski definition) is 0. The lowest BCUT2D eigenvalue weighted by Crippen LogP contribution is -2.30. The van der Waals surface area contributed by atoms with E-state index in [0.717, 1.165) is 128 Å². The quantitative estimate of drug-likeness (QED) is 0.0262. The molecule has 0 aromatic carbocycles. The molecule has 0 aliphatic heterocycles. The zero-order valence-corrected chi connectivity index (χ0v) is 45.9. The van der Waals surface area contributed by atoms with Crippen molar-refractivity contribution >= 4 is 17.9 Å². The second kappa shape index (κ2) is 58.6. The summed E-state index contributed by atoms with van der Waals surface area (Å²) in [6, 6.07) is 0. The molecule has 0 bridgehead atoms. The summed E-state index contributed by atoms with van der Waals surface area (Å²) in [5.41, 5.74) is 0. The lowest BCUT2D eigenvalue weighted by Gasteiger charge is -2.18. The Bertz CT molecular complexity index is 1660. The molecule has 0 aliphatic rings. The fraction of sp³-hybridized carbons (Fsp3) is 0.561. The monoisotopic (exact) mass is 991 g/mol. The van der Waals surface area contributed by atoms with Gasteiger partial charge in [0.05, 0.1) is 6.42 Å². The van der Waals surface area contributed by atoms with Gasteiger partial charge in [0, 0.05) is 12.8 Å². The minimum atomic E-state index is -0.848. The molecule has 0 aromatic heterocycles. The lowest BCUT2D eigenvalue weighted by atomic mass is 10.1. The van der Waals surface area contributed by atoms with E-state index in [1.54, 1.807) is 6.08 Å². The minimum absolute atomic E-state index is 0.0848. The van der Waals surface area contributed by atoms with Gasteiger partial charge >= 0.3 is 17.9 Å². The molecule has 0 rings (SSSR count). The topological polar surface area (TPSA) is 78.9 Å². The summed E-state index contributed by atoms with van der Waals surface area (Å²) in [4.78, 5) is 38.0. The molecule has 0 amide bonds. The molecule has 6 heteroatoms. The van der Waals surface area contributed by atoms with Crippen LogP contribution in [-0.4, -0.2) is 37.2 Å². The first kappa shape index (κ1) is 67.0. The molecule has 1 unspecified atom stereocenters. The minimum Gasteiger partial charge on any atom is -0.462 e. The molecule has 0 spiro atoms. The fourth-order valence-corrected chi connectivity index (χ4v) is 7.12. The number of carbonyl (C=O) groups is 3. The maximum atomic E-state index is 12.8. The molecule has 6 nitrogen and oxygen atoms in total. The highest BCUT2D eigenvalue weighted by atomic mass is 16.6. The van der Waals surface area contributed by atoms with Crippen LogP contribution in [0.1, 0.15) is 220 Å². The van der Waals surface area contributed by atoms with Crippen LogP contribution in [0.5, 0.6) is 0 Å². The average molecular weight is 992 g/mol. The molecule has 72 heavy (non-hydrogen) atoms. The van der Waals surface area contributed by atoms with Crippen molar-refractivity contribution in [2.75, 3.05) is 13.2 Å². The van der Waals surface area contributed by atoms with Crippen LogP contribution < -0.4 is 0 Å². The van der Waals surface area contributed by atoms with Gasteiger partial charge in [0.15, 0.2) is 6.10 Å². The number of ether oxygens (including phenoxy) is 3. The van der Waals surface area contributed by atoms with Gasteiger partial charge in [-0.25, -0.2) is 0 Å². The summed E-state index contributed by atoms with van der Waals surface area (Å²) in [6.07, 6.45) is 85.5. The van der Waals surface area contributed by atoms with Crippen LogP contribution in [0.4, 0.5) is 0 Å². The van der Waals surface area contributed by atoms with Crippen LogP contribution in [0.25, 0.3) is 0 Å². The second-order valence-corrected chi connectivity index (χ2v) is 18.1. The molecule has 1 atom stereocenters. The third kappa shape index (κ3) is 56.0. The van der Waals surface area contributed by atoms with Crippen molar-refractivity contribution in [1.29, 1.82) is 0 Å². The smallest absolute Gasteiger partial charge is 0.310 e. The van der Waals surface area contributed by atoms with E-state index in [1.165, 1.54) is 44.9 Å². The van der Waals surface area contributed by atoms with Gasteiger partial charge in [-0.2, -0.15) is 0 Å². The number of carbonyl (C=O) groups excluding carboxylic acids is 3. The van der Waals surface area contributed by atoms with Crippen molar-refractivity contribution in [1.82, 2.24) is 0 Å². The van der Waals surface area contributed by atoms with Crippen LogP contribution in [0.2, 0.25) is 0 Å². The first-order valence-corrected chi connectivity index (χ1v) is 28.5. The summed E-state index contributed by atoms with van der Waals surface area (Å²) in [5, 5.41) is 0. The van der Waals surface area contributed by atoms with Crippen molar-refractivity contribution in [3.8, 4) is 0 Å². The number of allylic oxidation sites excluding steroid dienone is 25. The Labute approximate surface area is 441 Å². The zero-order valence-electron chi connectivity index (χ0n) is 45.9. The second-order valence-electron chi connectivity index (χ2n) is 18.1. The molecule has 0 aliphatic carbocycles. The molecule has 402 valence electrons. The van der Waals surface area contributed by atoms with E-state index >= 15 is 0 Å². The van der Waals surface area contributed by atoms with E-state index in [1.807, 2.05) is 6.08 Å². The van der Waals surface area contributed by atoms with E-state index in [4.69, 9.17) is 14.2 Å². The molecular weight excluding hydrogens is 889 g/mol. The molecule has 0 radical (unpaired) electrons. The Balaban J connectivity index is 4.42. The molecule has 0 N–H and O–H groups in total. The van der Waals surface area contributed by atoms with Gasteiger partial charge < -0.3 is 14.2 Å². The largest absolute Gasteiger partial charge is 0.462 e. The average Bonchev–Trinajstić information content (AvgIpc) is 3.38. The molecule has 0 heterocycles. The van der Waals surface area contributed by atoms with E-state index in [-0.39, 0.29) is 31.6 Å². The van der Waals surface area contributed by atoms with E-state index in [9.17, 15) is 14.4 Å². The van der Waals surface area contributed by atoms with Gasteiger partial charge in [0.2, 0.25) is 0 Å². The van der Waals surface area contributed by atoms with E-state index in [0.29, 0.717) is 19.3 Å². The predicted octanol–water partition coefficient (Wildman–Crippen LogP) is 19.4. The van der Waals surface area contributed by atoms with Crippen LogP contribution in [0.3, 0.4) is 0 Å². The molecule has 0 saturated carbocycles. The van der Waals surface area contributed by atoms with Gasteiger partial charge in [-0.15, -0.1) is 0 Å². The maximum Gasteiger partial charge on any atom is 0.310 e. The van der Waals surface area contributed by atoms with Crippen LogP contribution in [0.15, 0.2) is 158 Å². The fourth-order valence-electron chi connectivity index (χ4n) is 7.12. The maximum absolute atomic E-state index is 12.8. The Morgan fingerprint density at radius 1 is 0.306 bits per heavy atom. The predicted molar refractivity (Wildman–Crippen MR) is 311 cm³/mol. The van der Waals surface area contributed by atoms with Crippen LogP contribution >= 0.6 is 0 Å². The molecule has 0 aromatic rings. The van der Waals surface area contributed by atoms with E-state index < -0.39 is 12.1 Å². The Morgan fingerprint density at radius 2 is 0.583 bits per heavy atom. The normalized spacial score (nSPS) is 13.3. The third-order valence-electron chi connectivity index (χ3n) is 11.3. The summed E-state index contributed by atoms with van der Waals surface area (Å²) in [7, 11) is 0. The lowest BCUT2D eigenvalue weighted by molar-refractivity contribution is -0.166. The first-order valence-electron chi connectivity index (χ1n) is 28.5. The highest BCUT2D eigenvalue weighted by Gasteiger charge is 2.19. The summed E-state index contributed by atoms with van der Waals surface area (Å²) in [6.45, 7) is 6.27.